The van der Waals surface area contributed by atoms with E-state index in [0.717, 1.165) is 46.8 Å². The van der Waals surface area contributed by atoms with Gasteiger partial charge >= 0.3 is 0 Å². The van der Waals surface area contributed by atoms with Crippen LogP contribution in [-0.4, -0.2) is 13.3 Å². The molecule has 2 saturated carbocycles. The first-order chi connectivity index (χ1) is 9.79. The molecule has 0 amide bonds. The van der Waals surface area contributed by atoms with Crippen molar-refractivity contribution in [1.29, 1.82) is 0 Å². The molecule has 1 N–H and O–H groups in total. The number of hydrogen-bond donors (Lipinski definition) is 1. The van der Waals surface area contributed by atoms with Crippen molar-refractivity contribution in [3.8, 4) is 11.5 Å². The normalized spacial score (nSPS) is 30.1. The van der Waals surface area contributed by atoms with E-state index in [9.17, 15) is 0 Å². The first-order valence-electron chi connectivity index (χ1n) is 7.58. The summed E-state index contributed by atoms with van der Waals surface area (Å²) >= 11 is 3.62. The van der Waals surface area contributed by atoms with Crippen molar-refractivity contribution in [2.24, 2.45) is 17.8 Å². The second kappa shape index (κ2) is 5.23. The molecule has 4 rings (SSSR count). The van der Waals surface area contributed by atoms with Crippen molar-refractivity contribution in [2.45, 2.75) is 32.2 Å². The van der Waals surface area contributed by atoms with Gasteiger partial charge in [0.1, 0.15) is 0 Å². The Morgan fingerprint density at radius 1 is 1.15 bits per heavy atom. The highest BCUT2D eigenvalue weighted by Crippen LogP contribution is 2.48. The van der Waals surface area contributed by atoms with E-state index in [-0.39, 0.29) is 0 Å². The second-order valence-electron chi connectivity index (χ2n) is 6.36. The molecule has 1 heterocycles. The third-order valence-corrected chi connectivity index (χ3v) is 5.89. The summed E-state index contributed by atoms with van der Waals surface area (Å²) in [7, 11) is 0. The van der Waals surface area contributed by atoms with E-state index in [4.69, 9.17) is 9.47 Å². The maximum Gasteiger partial charge on any atom is 0.231 e. The summed E-state index contributed by atoms with van der Waals surface area (Å²) in [5, 5.41) is 3.63. The molecule has 0 saturated heterocycles. The third-order valence-electron chi connectivity index (χ3n) is 5.15. The predicted molar refractivity (Wildman–Crippen MR) is 80.9 cm³/mol. The van der Waals surface area contributed by atoms with Gasteiger partial charge in [0.15, 0.2) is 11.5 Å². The molecule has 2 fully saturated rings. The Morgan fingerprint density at radius 3 is 2.75 bits per heavy atom. The van der Waals surface area contributed by atoms with E-state index in [1.807, 2.05) is 6.07 Å². The zero-order valence-corrected chi connectivity index (χ0v) is 13.1. The van der Waals surface area contributed by atoms with Gasteiger partial charge in [0.25, 0.3) is 0 Å². The quantitative estimate of drug-likeness (QED) is 0.908. The number of ether oxygens (including phenoxy) is 2. The molecule has 3 unspecified atom stereocenters. The first-order valence-corrected chi connectivity index (χ1v) is 8.37. The van der Waals surface area contributed by atoms with Crippen LogP contribution in [0.1, 0.15) is 31.2 Å². The van der Waals surface area contributed by atoms with Gasteiger partial charge in [-0.15, -0.1) is 0 Å². The molecule has 0 aromatic heterocycles. The Kier molecular flexibility index (Phi) is 3.39. The first kappa shape index (κ1) is 13.0. The molecular weight excluding hydrogens is 318 g/mol. The number of rotatable bonds is 4. The monoisotopic (exact) mass is 337 g/mol. The molecule has 3 atom stereocenters. The molecule has 2 aliphatic carbocycles. The van der Waals surface area contributed by atoms with Gasteiger partial charge in [0.2, 0.25) is 6.79 Å². The summed E-state index contributed by atoms with van der Waals surface area (Å²) in [6.07, 6.45) is 5.87. The maximum atomic E-state index is 5.44. The Labute approximate surface area is 128 Å². The van der Waals surface area contributed by atoms with Gasteiger partial charge in [-0.3, -0.25) is 0 Å². The predicted octanol–water partition coefficient (Wildman–Crippen LogP) is 3.70. The molecule has 2 bridgehead atoms. The second-order valence-corrected chi connectivity index (χ2v) is 7.22. The highest BCUT2D eigenvalue weighted by Gasteiger charge is 2.38. The van der Waals surface area contributed by atoms with Crippen LogP contribution in [-0.2, 0) is 6.54 Å². The molecule has 1 aromatic rings. The van der Waals surface area contributed by atoms with Crippen molar-refractivity contribution in [2.75, 3.05) is 13.3 Å². The van der Waals surface area contributed by atoms with E-state index in [1.165, 1.54) is 31.2 Å². The lowest BCUT2D eigenvalue weighted by molar-refractivity contribution is 0.174. The molecule has 3 nitrogen and oxygen atoms in total. The summed E-state index contributed by atoms with van der Waals surface area (Å²) < 4.78 is 11.9. The molecular formula is C16H20BrNO2. The molecule has 4 heteroatoms. The standard InChI is InChI=1S/C16H20BrNO2/c17-14-6-16-15(19-9-20-16)5-13(14)8-18-7-12-4-10-1-2-11(12)3-10/h5-6,10-12,18H,1-4,7-9H2. The summed E-state index contributed by atoms with van der Waals surface area (Å²) in [4.78, 5) is 0. The van der Waals surface area contributed by atoms with Gasteiger partial charge in [0, 0.05) is 11.0 Å². The smallest absolute Gasteiger partial charge is 0.231 e. The summed E-state index contributed by atoms with van der Waals surface area (Å²) in [6, 6.07) is 4.09. The Balaban J connectivity index is 1.35. The Morgan fingerprint density at radius 2 is 2.00 bits per heavy atom. The van der Waals surface area contributed by atoms with Gasteiger partial charge in [-0.1, -0.05) is 22.4 Å². The fraction of sp³-hybridized carbons (Fsp3) is 0.625. The minimum atomic E-state index is 0.337. The zero-order chi connectivity index (χ0) is 13.5. The van der Waals surface area contributed by atoms with Crippen LogP contribution < -0.4 is 14.8 Å². The van der Waals surface area contributed by atoms with E-state index in [1.54, 1.807) is 0 Å². The average molecular weight is 338 g/mol. The average Bonchev–Trinajstić information content (AvgIpc) is 3.14. The SMILES string of the molecule is Brc1cc2c(cc1CNCC1CC3CCC1C3)OCO2. The van der Waals surface area contributed by atoms with E-state index < -0.39 is 0 Å². The Hall–Kier alpha value is -0.740. The summed E-state index contributed by atoms with van der Waals surface area (Å²) in [5.41, 5.74) is 1.25. The fourth-order valence-electron chi connectivity index (χ4n) is 4.11. The van der Waals surface area contributed by atoms with Crippen LogP contribution >= 0.6 is 15.9 Å². The molecule has 3 aliphatic rings. The van der Waals surface area contributed by atoms with Crippen LogP contribution in [0.3, 0.4) is 0 Å². The highest BCUT2D eigenvalue weighted by molar-refractivity contribution is 9.10. The van der Waals surface area contributed by atoms with Gasteiger partial charge in [0.05, 0.1) is 0 Å². The fourth-order valence-corrected chi connectivity index (χ4v) is 4.58. The largest absolute Gasteiger partial charge is 0.454 e. The van der Waals surface area contributed by atoms with Crippen molar-refractivity contribution in [3.05, 3.63) is 22.2 Å². The van der Waals surface area contributed by atoms with Crippen LogP contribution in [0.25, 0.3) is 0 Å². The minimum Gasteiger partial charge on any atom is -0.454 e. The number of benzene rings is 1. The number of fused-ring (bicyclic) bond motifs is 3. The van der Waals surface area contributed by atoms with Crippen molar-refractivity contribution in [3.63, 3.8) is 0 Å². The Bertz CT molecular complexity index is 519. The van der Waals surface area contributed by atoms with Crippen LogP contribution in [0.15, 0.2) is 16.6 Å². The summed E-state index contributed by atoms with van der Waals surface area (Å²) in [5.74, 6) is 4.64. The van der Waals surface area contributed by atoms with Crippen LogP contribution in [0.4, 0.5) is 0 Å². The van der Waals surface area contributed by atoms with E-state index >= 15 is 0 Å². The maximum absolute atomic E-state index is 5.44. The topological polar surface area (TPSA) is 30.5 Å². The summed E-state index contributed by atoms with van der Waals surface area (Å²) in [6.45, 7) is 2.39. The highest BCUT2D eigenvalue weighted by atomic mass is 79.9. The van der Waals surface area contributed by atoms with Crippen molar-refractivity contribution in [1.82, 2.24) is 5.32 Å². The van der Waals surface area contributed by atoms with Crippen LogP contribution in [0, 0.1) is 17.8 Å². The lowest BCUT2D eigenvalue weighted by atomic mass is 9.89. The number of halogens is 1. The molecule has 20 heavy (non-hydrogen) atoms. The lowest BCUT2D eigenvalue weighted by Gasteiger charge is -2.22. The van der Waals surface area contributed by atoms with Crippen molar-refractivity contribution < 1.29 is 9.47 Å². The number of hydrogen-bond acceptors (Lipinski definition) is 3. The van der Waals surface area contributed by atoms with E-state index in [2.05, 4.69) is 27.3 Å². The van der Waals surface area contributed by atoms with Crippen molar-refractivity contribution >= 4 is 15.9 Å². The molecule has 0 radical (unpaired) electrons. The number of nitrogens with one attached hydrogen (secondary N) is 1. The van der Waals surface area contributed by atoms with Gasteiger partial charge < -0.3 is 14.8 Å². The van der Waals surface area contributed by atoms with Crippen LogP contribution in [0.2, 0.25) is 0 Å². The molecule has 0 spiro atoms. The minimum absolute atomic E-state index is 0.337. The van der Waals surface area contributed by atoms with Crippen LogP contribution in [0.5, 0.6) is 11.5 Å². The van der Waals surface area contributed by atoms with Gasteiger partial charge in [-0.2, -0.15) is 0 Å². The molecule has 1 aliphatic heterocycles. The lowest BCUT2D eigenvalue weighted by Crippen LogP contribution is -2.26. The van der Waals surface area contributed by atoms with E-state index in [0.29, 0.717) is 6.79 Å². The third kappa shape index (κ3) is 2.33. The van der Waals surface area contributed by atoms with Gasteiger partial charge in [-0.05, 0) is 61.3 Å². The molecule has 108 valence electrons. The van der Waals surface area contributed by atoms with Gasteiger partial charge in [-0.25, -0.2) is 0 Å². The zero-order valence-electron chi connectivity index (χ0n) is 11.5. The molecule has 1 aromatic carbocycles.